The lowest BCUT2D eigenvalue weighted by molar-refractivity contribution is -0.137. The first-order chi connectivity index (χ1) is 17.2. The smallest absolute Gasteiger partial charge is 0.416 e. The van der Waals surface area contributed by atoms with Crippen LogP contribution >= 0.6 is 11.8 Å². The largest absolute Gasteiger partial charge is 0.489 e. The average molecular weight is 513 g/mol. The van der Waals surface area contributed by atoms with Gasteiger partial charge in [-0.25, -0.2) is 0 Å². The van der Waals surface area contributed by atoms with Crippen molar-refractivity contribution in [3.63, 3.8) is 0 Å². The molecule has 0 radical (unpaired) electrons. The van der Waals surface area contributed by atoms with Gasteiger partial charge in [-0.3, -0.25) is 19.3 Å². The summed E-state index contributed by atoms with van der Waals surface area (Å²) >= 11 is 0.676. The van der Waals surface area contributed by atoms with E-state index in [1.54, 1.807) is 24.3 Å². The zero-order valence-corrected chi connectivity index (χ0v) is 19.4. The number of carbonyl (C=O) groups is 3. The molecule has 3 amide bonds. The van der Waals surface area contributed by atoms with E-state index in [4.69, 9.17) is 4.74 Å². The Morgan fingerprint density at radius 2 is 1.72 bits per heavy atom. The van der Waals surface area contributed by atoms with Gasteiger partial charge in [0, 0.05) is 5.69 Å². The Hall–Kier alpha value is -4.05. The van der Waals surface area contributed by atoms with Gasteiger partial charge in [0.25, 0.3) is 11.1 Å². The Balaban J connectivity index is 1.40. The molecule has 4 rings (SSSR count). The van der Waals surface area contributed by atoms with Gasteiger partial charge in [0.15, 0.2) is 0 Å². The molecular formula is C26H19F3N2O4S. The molecule has 1 aliphatic rings. The van der Waals surface area contributed by atoms with Crippen LogP contribution in [0.4, 0.5) is 23.7 Å². The number of nitrogens with zero attached hydrogens (tertiary/aromatic N) is 1. The molecule has 0 aliphatic carbocycles. The van der Waals surface area contributed by atoms with Crippen LogP contribution in [0.3, 0.4) is 0 Å². The number of thioether (sulfide) groups is 1. The van der Waals surface area contributed by atoms with Gasteiger partial charge in [0.2, 0.25) is 5.91 Å². The Kier molecular flexibility index (Phi) is 7.44. The SMILES string of the molecule is O=C(CN1C(=O)S/C(=C\c2cccc(OCc3ccccc3)c2)C1=O)Nc1cccc(C(F)(F)F)c1. The van der Waals surface area contributed by atoms with Crippen LogP contribution in [0, 0.1) is 0 Å². The number of hydrogen-bond acceptors (Lipinski definition) is 5. The van der Waals surface area contributed by atoms with Gasteiger partial charge in [-0.15, -0.1) is 0 Å². The van der Waals surface area contributed by atoms with E-state index in [2.05, 4.69) is 5.32 Å². The molecule has 3 aromatic rings. The molecule has 1 aliphatic heterocycles. The summed E-state index contributed by atoms with van der Waals surface area (Å²) in [5.74, 6) is -0.888. The fraction of sp³-hybridized carbons (Fsp3) is 0.115. The predicted molar refractivity (Wildman–Crippen MR) is 130 cm³/mol. The van der Waals surface area contributed by atoms with Gasteiger partial charge in [-0.1, -0.05) is 48.5 Å². The molecule has 36 heavy (non-hydrogen) atoms. The molecule has 1 saturated heterocycles. The third-order valence-electron chi connectivity index (χ3n) is 5.05. The third kappa shape index (κ3) is 6.33. The summed E-state index contributed by atoms with van der Waals surface area (Å²) in [5, 5.41) is 1.64. The van der Waals surface area contributed by atoms with Gasteiger partial charge >= 0.3 is 6.18 Å². The fourth-order valence-electron chi connectivity index (χ4n) is 3.34. The Bertz CT molecular complexity index is 1330. The molecule has 1 fully saturated rings. The molecule has 0 spiro atoms. The monoisotopic (exact) mass is 512 g/mol. The van der Waals surface area contributed by atoms with Crippen molar-refractivity contribution in [3.8, 4) is 5.75 Å². The summed E-state index contributed by atoms with van der Waals surface area (Å²) in [5.41, 5.74) is 0.598. The minimum Gasteiger partial charge on any atom is -0.489 e. The number of carbonyl (C=O) groups excluding carboxylic acids is 3. The standard InChI is InChI=1S/C26H19F3N2O4S/c27-26(28,29)19-9-5-10-20(14-19)30-23(32)15-31-24(33)22(36-25(31)34)13-18-8-4-11-21(12-18)35-16-17-6-2-1-3-7-17/h1-14H,15-16H2,(H,30,32)/b22-13-. The molecule has 1 heterocycles. The minimum absolute atomic E-state index is 0.0929. The van der Waals surface area contributed by atoms with Crippen LogP contribution < -0.4 is 10.1 Å². The lowest BCUT2D eigenvalue weighted by atomic mass is 10.2. The van der Waals surface area contributed by atoms with Crippen molar-refractivity contribution in [2.75, 3.05) is 11.9 Å². The van der Waals surface area contributed by atoms with E-state index in [0.29, 0.717) is 29.7 Å². The molecule has 3 aromatic carbocycles. The Labute approximate surface area is 208 Å². The van der Waals surface area contributed by atoms with E-state index < -0.39 is 35.3 Å². The molecule has 1 N–H and O–H groups in total. The number of rotatable bonds is 7. The summed E-state index contributed by atoms with van der Waals surface area (Å²) in [6, 6.07) is 20.7. The number of halogens is 3. The zero-order valence-electron chi connectivity index (χ0n) is 18.6. The van der Waals surface area contributed by atoms with Gasteiger partial charge in [0.05, 0.1) is 10.5 Å². The number of nitrogens with one attached hydrogen (secondary N) is 1. The van der Waals surface area contributed by atoms with Crippen LogP contribution in [0.1, 0.15) is 16.7 Å². The average Bonchev–Trinajstić information content (AvgIpc) is 3.10. The molecule has 10 heteroatoms. The van der Waals surface area contributed by atoms with Crippen molar-refractivity contribution in [3.05, 3.63) is 100 Å². The highest BCUT2D eigenvalue weighted by molar-refractivity contribution is 8.18. The van der Waals surface area contributed by atoms with E-state index in [0.717, 1.165) is 28.7 Å². The summed E-state index contributed by atoms with van der Waals surface area (Å²) < 4.78 is 44.4. The van der Waals surface area contributed by atoms with Crippen LogP contribution in [0.5, 0.6) is 5.75 Å². The van der Waals surface area contributed by atoms with Gasteiger partial charge < -0.3 is 10.1 Å². The van der Waals surface area contributed by atoms with E-state index in [1.807, 2.05) is 30.3 Å². The van der Waals surface area contributed by atoms with Crippen LogP contribution in [-0.2, 0) is 22.4 Å². The minimum atomic E-state index is -4.57. The number of anilines is 1. The number of imide groups is 1. The molecule has 6 nitrogen and oxygen atoms in total. The maximum absolute atomic E-state index is 12.9. The van der Waals surface area contributed by atoms with Gasteiger partial charge in [0.1, 0.15) is 18.9 Å². The number of alkyl halides is 3. The van der Waals surface area contributed by atoms with Crippen LogP contribution in [-0.4, -0.2) is 28.5 Å². The second-order valence-corrected chi connectivity index (χ2v) is 8.73. The first-order valence-corrected chi connectivity index (χ1v) is 11.5. The highest BCUT2D eigenvalue weighted by Crippen LogP contribution is 2.33. The third-order valence-corrected chi connectivity index (χ3v) is 5.96. The van der Waals surface area contributed by atoms with Crippen molar-refractivity contribution in [1.82, 2.24) is 4.90 Å². The molecule has 0 aromatic heterocycles. The topological polar surface area (TPSA) is 75.7 Å². The molecule has 0 bridgehead atoms. The number of ether oxygens (including phenoxy) is 1. The maximum Gasteiger partial charge on any atom is 0.416 e. The normalized spacial score (nSPS) is 14.9. The molecule has 0 saturated carbocycles. The van der Waals surface area contributed by atoms with Crippen molar-refractivity contribution in [2.24, 2.45) is 0 Å². The summed E-state index contributed by atoms with van der Waals surface area (Å²) in [6.45, 7) is -0.264. The van der Waals surface area contributed by atoms with E-state index in [1.165, 1.54) is 12.1 Å². The molecule has 0 atom stereocenters. The van der Waals surface area contributed by atoms with Crippen LogP contribution in [0.25, 0.3) is 6.08 Å². The zero-order chi connectivity index (χ0) is 25.7. The van der Waals surface area contributed by atoms with Crippen molar-refractivity contribution >= 4 is 40.6 Å². The highest BCUT2D eigenvalue weighted by atomic mass is 32.2. The van der Waals surface area contributed by atoms with Crippen LogP contribution in [0.2, 0.25) is 0 Å². The summed E-state index contributed by atoms with van der Waals surface area (Å²) in [4.78, 5) is 38.3. The molecular weight excluding hydrogens is 493 g/mol. The number of hydrogen-bond donors (Lipinski definition) is 1. The second kappa shape index (κ2) is 10.7. The van der Waals surface area contributed by atoms with Crippen molar-refractivity contribution in [2.45, 2.75) is 12.8 Å². The van der Waals surface area contributed by atoms with Crippen LogP contribution in [0.15, 0.2) is 83.8 Å². The van der Waals surface area contributed by atoms with E-state index in [9.17, 15) is 27.6 Å². The van der Waals surface area contributed by atoms with E-state index in [-0.39, 0.29) is 10.6 Å². The number of benzene rings is 3. The molecule has 184 valence electrons. The first kappa shape index (κ1) is 25.1. The predicted octanol–water partition coefficient (Wildman–Crippen LogP) is 5.96. The summed E-state index contributed by atoms with van der Waals surface area (Å²) in [7, 11) is 0. The first-order valence-electron chi connectivity index (χ1n) is 10.7. The lowest BCUT2D eigenvalue weighted by Gasteiger charge is -2.13. The quantitative estimate of drug-likeness (QED) is 0.396. The van der Waals surface area contributed by atoms with Crippen molar-refractivity contribution < 1.29 is 32.3 Å². The highest BCUT2D eigenvalue weighted by Gasteiger charge is 2.36. The maximum atomic E-state index is 12.9. The molecule has 0 unspecified atom stereocenters. The Morgan fingerprint density at radius 3 is 2.47 bits per heavy atom. The fourth-order valence-corrected chi connectivity index (χ4v) is 4.18. The lowest BCUT2D eigenvalue weighted by Crippen LogP contribution is -2.36. The number of amides is 3. The van der Waals surface area contributed by atoms with Gasteiger partial charge in [-0.2, -0.15) is 13.2 Å². The van der Waals surface area contributed by atoms with Gasteiger partial charge in [-0.05, 0) is 59.3 Å². The van der Waals surface area contributed by atoms with E-state index >= 15 is 0 Å². The van der Waals surface area contributed by atoms with Crippen molar-refractivity contribution in [1.29, 1.82) is 0 Å². The second-order valence-electron chi connectivity index (χ2n) is 7.74. The Morgan fingerprint density at radius 1 is 0.972 bits per heavy atom. The summed E-state index contributed by atoms with van der Waals surface area (Å²) in [6.07, 6.45) is -3.05.